The Kier molecular flexibility index (Phi) is 5.46. The fraction of sp³-hybridized carbons (Fsp3) is 0.150. The number of aromatic nitrogens is 2. The minimum atomic E-state index is -0.381. The standard InChI is InChI=1S/C20H19N3OS/c1-14-13-15(2)22-20(21-14)23-19(24)18(16-9-5-3-6-10-16)25-17-11-7-4-8-12-17/h3-13,18H,1-2H3,(H,21,22,23,24). The number of amides is 1. The normalized spacial score (nSPS) is 11.8. The van der Waals surface area contributed by atoms with Crippen molar-refractivity contribution in [3.8, 4) is 0 Å². The topological polar surface area (TPSA) is 54.9 Å². The second kappa shape index (κ2) is 7.94. The van der Waals surface area contributed by atoms with Crippen LogP contribution in [-0.4, -0.2) is 15.9 Å². The molecule has 0 spiro atoms. The molecule has 0 radical (unpaired) electrons. The van der Waals surface area contributed by atoms with Gasteiger partial charge in [-0.15, -0.1) is 11.8 Å². The van der Waals surface area contributed by atoms with Crippen LogP contribution in [0.5, 0.6) is 0 Å². The molecule has 126 valence electrons. The number of rotatable bonds is 5. The first kappa shape index (κ1) is 17.2. The number of nitrogens with zero attached hydrogens (tertiary/aromatic N) is 2. The lowest BCUT2D eigenvalue weighted by Crippen LogP contribution is -2.20. The van der Waals surface area contributed by atoms with E-state index in [2.05, 4.69) is 15.3 Å². The van der Waals surface area contributed by atoms with Gasteiger partial charge in [0.1, 0.15) is 5.25 Å². The summed E-state index contributed by atoms with van der Waals surface area (Å²) in [4.78, 5) is 22.6. The number of hydrogen-bond donors (Lipinski definition) is 1. The monoisotopic (exact) mass is 349 g/mol. The van der Waals surface area contributed by atoms with Crippen LogP contribution in [0.15, 0.2) is 71.6 Å². The van der Waals surface area contributed by atoms with Crippen LogP contribution in [0.3, 0.4) is 0 Å². The fourth-order valence-electron chi connectivity index (χ4n) is 2.49. The highest BCUT2D eigenvalue weighted by Gasteiger charge is 2.23. The molecule has 1 heterocycles. The molecule has 4 nitrogen and oxygen atoms in total. The van der Waals surface area contributed by atoms with Gasteiger partial charge < -0.3 is 0 Å². The molecule has 0 aliphatic carbocycles. The minimum absolute atomic E-state index is 0.134. The molecule has 3 rings (SSSR count). The maximum Gasteiger partial charge on any atom is 0.244 e. The Hall–Kier alpha value is -2.66. The van der Waals surface area contributed by atoms with Gasteiger partial charge >= 0.3 is 0 Å². The largest absolute Gasteiger partial charge is 0.293 e. The number of benzene rings is 2. The Labute approximate surface area is 151 Å². The van der Waals surface area contributed by atoms with Gasteiger partial charge in [-0.1, -0.05) is 48.5 Å². The highest BCUT2D eigenvalue weighted by Crippen LogP contribution is 2.35. The van der Waals surface area contributed by atoms with Crippen molar-refractivity contribution in [2.75, 3.05) is 5.32 Å². The Morgan fingerprint density at radius 3 is 2.08 bits per heavy atom. The predicted molar refractivity (Wildman–Crippen MR) is 102 cm³/mol. The van der Waals surface area contributed by atoms with Gasteiger partial charge in [0, 0.05) is 16.3 Å². The van der Waals surface area contributed by atoms with E-state index in [4.69, 9.17) is 0 Å². The summed E-state index contributed by atoms with van der Waals surface area (Å²) in [5.41, 5.74) is 2.60. The third kappa shape index (κ3) is 4.67. The van der Waals surface area contributed by atoms with Crippen molar-refractivity contribution < 1.29 is 4.79 Å². The van der Waals surface area contributed by atoms with Crippen LogP contribution in [0, 0.1) is 13.8 Å². The molecule has 0 fully saturated rings. The zero-order valence-corrected chi connectivity index (χ0v) is 15.0. The number of hydrogen-bond acceptors (Lipinski definition) is 4. The molecule has 25 heavy (non-hydrogen) atoms. The summed E-state index contributed by atoms with van der Waals surface area (Å²) < 4.78 is 0. The molecule has 1 aromatic heterocycles. The Morgan fingerprint density at radius 1 is 0.920 bits per heavy atom. The number of thioether (sulfide) groups is 1. The molecule has 1 unspecified atom stereocenters. The summed E-state index contributed by atoms with van der Waals surface area (Å²) in [6, 6.07) is 21.5. The molecule has 0 saturated heterocycles. The van der Waals surface area contributed by atoms with Gasteiger partial charge in [-0.25, -0.2) is 9.97 Å². The average molecular weight is 349 g/mol. The second-order valence-corrected chi connectivity index (χ2v) is 6.86. The fourth-order valence-corrected chi connectivity index (χ4v) is 3.54. The average Bonchev–Trinajstić information content (AvgIpc) is 2.60. The minimum Gasteiger partial charge on any atom is -0.293 e. The second-order valence-electron chi connectivity index (χ2n) is 5.69. The van der Waals surface area contributed by atoms with Gasteiger partial charge in [-0.2, -0.15) is 0 Å². The first-order valence-corrected chi connectivity index (χ1v) is 8.89. The van der Waals surface area contributed by atoms with Crippen molar-refractivity contribution in [1.29, 1.82) is 0 Å². The van der Waals surface area contributed by atoms with Crippen molar-refractivity contribution in [3.63, 3.8) is 0 Å². The van der Waals surface area contributed by atoms with Crippen LogP contribution in [-0.2, 0) is 4.79 Å². The van der Waals surface area contributed by atoms with E-state index >= 15 is 0 Å². The number of carbonyl (C=O) groups excluding carboxylic acids is 1. The molecule has 0 aliphatic rings. The molecule has 1 amide bonds. The van der Waals surface area contributed by atoms with Crippen LogP contribution in [0.1, 0.15) is 22.2 Å². The molecule has 1 N–H and O–H groups in total. The van der Waals surface area contributed by atoms with E-state index in [0.29, 0.717) is 5.95 Å². The summed E-state index contributed by atoms with van der Waals surface area (Å²) >= 11 is 1.51. The Morgan fingerprint density at radius 2 is 1.48 bits per heavy atom. The summed E-state index contributed by atoms with van der Waals surface area (Å²) in [6.45, 7) is 3.77. The highest BCUT2D eigenvalue weighted by molar-refractivity contribution is 8.00. The molecule has 2 aromatic carbocycles. The summed E-state index contributed by atoms with van der Waals surface area (Å²) in [5.74, 6) is 0.210. The zero-order chi connectivity index (χ0) is 17.6. The predicted octanol–water partition coefficient (Wildman–Crippen LogP) is 4.57. The van der Waals surface area contributed by atoms with E-state index in [1.807, 2.05) is 80.6 Å². The van der Waals surface area contributed by atoms with Gasteiger partial charge in [0.15, 0.2) is 0 Å². The van der Waals surface area contributed by atoms with Gasteiger partial charge in [0.25, 0.3) is 0 Å². The van der Waals surface area contributed by atoms with Crippen LogP contribution in [0.4, 0.5) is 5.95 Å². The van der Waals surface area contributed by atoms with E-state index in [1.165, 1.54) is 11.8 Å². The van der Waals surface area contributed by atoms with Crippen molar-refractivity contribution in [3.05, 3.63) is 83.7 Å². The third-order valence-corrected chi connectivity index (χ3v) is 4.82. The van der Waals surface area contributed by atoms with E-state index < -0.39 is 0 Å². The Bertz CT molecular complexity index is 833. The molecule has 0 aliphatic heterocycles. The number of anilines is 1. The van der Waals surface area contributed by atoms with Gasteiger partial charge in [0.05, 0.1) is 0 Å². The highest BCUT2D eigenvalue weighted by atomic mass is 32.2. The Balaban J connectivity index is 1.86. The van der Waals surface area contributed by atoms with Crippen molar-refractivity contribution in [2.45, 2.75) is 24.0 Å². The lowest BCUT2D eigenvalue weighted by atomic mass is 10.1. The van der Waals surface area contributed by atoms with Crippen molar-refractivity contribution in [1.82, 2.24) is 9.97 Å². The van der Waals surface area contributed by atoms with Gasteiger partial charge in [-0.05, 0) is 37.6 Å². The smallest absolute Gasteiger partial charge is 0.244 e. The summed E-state index contributed by atoms with van der Waals surface area (Å²) in [6.07, 6.45) is 0. The number of nitrogens with one attached hydrogen (secondary N) is 1. The third-order valence-electron chi connectivity index (χ3n) is 3.55. The van der Waals surface area contributed by atoms with Crippen LogP contribution in [0.2, 0.25) is 0 Å². The quantitative estimate of drug-likeness (QED) is 0.686. The van der Waals surface area contributed by atoms with Crippen LogP contribution >= 0.6 is 11.8 Å². The molecule has 0 bridgehead atoms. The first-order chi connectivity index (χ1) is 12.1. The lowest BCUT2D eigenvalue weighted by molar-refractivity contribution is -0.115. The van der Waals surface area contributed by atoms with E-state index in [-0.39, 0.29) is 11.2 Å². The van der Waals surface area contributed by atoms with Crippen LogP contribution < -0.4 is 5.32 Å². The molecule has 1 atom stereocenters. The van der Waals surface area contributed by atoms with E-state index in [0.717, 1.165) is 21.8 Å². The van der Waals surface area contributed by atoms with Gasteiger partial charge in [-0.3, -0.25) is 10.1 Å². The number of carbonyl (C=O) groups is 1. The number of aryl methyl sites for hydroxylation is 2. The molecule has 3 aromatic rings. The summed E-state index contributed by atoms with van der Waals surface area (Å²) in [7, 11) is 0. The lowest BCUT2D eigenvalue weighted by Gasteiger charge is -2.16. The van der Waals surface area contributed by atoms with Crippen molar-refractivity contribution >= 4 is 23.6 Å². The summed E-state index contributed by atoms with van der Waals surface area (Å²) in [5, 5.41) is 2.48. The van der Waals surface area contributed by atoms with E-state index in [1.54, 1.807) is 0 Å². The first-order valence-electron chi connectivity index (χ1n) is 8.01. The molecular formula is C20H19N3OS. The SMILES string of the molecule is Cc1cc(C)nc(NC(=O)C(Sc2ccccc2)c2ccccc2)n1. The van der Waals surface area contributed by atoms with Crippen molar-refractivity contribution in [2.24, 2.45) is 0 Å². The van der Waals surface area contributed by atoms with E-state index in [9.17, 15) is 4.79 Å². The van der Waals surface area contributed by atoms with Gasteiger partial charge in [0.2, 0.25) is 11.9 Å². The van der Waals surface area contributed by atoms with Crippen LogP contribution in [0.25, 0.3) is 0 Å². The maximum absolute atomic E-state index is 12.9. The molecular weight excluding hydrogens is 330 g/mol. The maximum atomic E-state index is 12.9. The zero-order valence-electron chi connectivity index (χ0n) is 14.1. The molecule has 5 heteroatoms. The molecule has 0 saturated carbocycles.